The first-order valence-corrected chi connectivity index (χ1v) is 8.60. The minimum absolute atomic E-state index is 0.0300. The van der Waals surface area contributed by atoms with Gasteiger partial charge in [0.25, 0.3) is 0 Å². The maximum absolute atomic E-state index is 13.0. The van der Waals surface area contributed by atoms with Crippen molar-refractivity contribution in [2.75, 3.05) is 33.2 Å². The van der Waals surface area contributed by atoms with Crippen LogP contribution in [0.4, 0.5) is 5.69 Å². The molecule has 2 atom stereocenters. The van der Waals surface area contributed by atoms with E-state index in [-0.39, 0.29) is 11.9 Å². The molecule has 0 radical (unpaired) electrons. The van der Waals surface area contributed by atoms with Gasteiger partial charge in [0.2, 0.25) is 11.7 Å². The average Bonchev–Trinajstić information content (AvgIpc) is 3.24. The highest BCUT2D eigenvalue weighted by Crippen LogP contribution is 2.52. The first-order valence-electron chi connectivity index (χ1n) is 8.60. The number of amides is 1. The van der Waals surface area contributed by atoms with Gasteiger partial charge in [-0.25, -0.2) is 0 Å². The van der Waals surface area contributed by atoms with E-state index in [9.17, 15) is 4.79 Å². The summed E-state index contributed by atoms with van der Waals surface area (Å²) in [5, 5.41) is 6.55. The van der Waals surface area contributed by atoms with E-state index < -0.39 is 5.41 Å². The van der Waals surface area contributed by atoms with E-state index in [0.29, 0.717) is 17.2 Å². The molecule has 1 amide bonds. The second kappa shape index (κ2) is 6.21. The largest absolute Gasteiger partial charge is 0.493 e. The third kappa shape index (κ3) is 2.18. The summed E-state index contributed by atoms with van der Waals surface area (Å²) in [6.07, 6.45) is 0.733. The van der Waals surface area contributed by atoms with Crippen LogP contribution in [-0.2, 0) is 10.2 Å². The number of benzene rings is 2. The van der Waals surface area contributed by atoms with Gasteiger partial charge < -0.3 is 24.8 Å². The summed E-state index contributed by atoms with van der Waals surface area (Å²) in [6.45, 7) is 0.753. The van der Waals surface area contributed by atoms with E-state index in [0.717, 1.165) is 29.8 Å². The van der Waals surface area contributed by atoms with Crippen LogP contribution in [0.3, 0.4) is 0 Å². The first-order chi connectivity index (χ1) is 12.7. The molecule has 2 aliphatic rings. The molecule has 6 nitrogen and oxygen atoms in total. The van der Waals surface area contributed by atoms with Gasteiger partial charge in [0.1, 0.15) is 0 Å². The zero-order chi connectivity index (χ0) is 18.3. The number of methoxy groups -OCH3 is 3. The molecule has 2 N–H and O–H groups in total. The summed E-state index contributed by atoms with van der Waals surface area (Å²) < 4.78 is 16.4. The summed E-state index contributed by atoms with van der Waals surface area (Å²) in [5.74, 6) is 1.74. The molecule has 0 aliphatic carbocycles. The van der Waals surface area contributed by atoms with Gasteiger partial charge >= 0.3 is 0 Å². The first kappa shape index (κ1) is 16.7. The minimum atomic E-state index is -0.638. The van der Waals surface area contributed by atoms with Gasteiger partial charge in [0, 0.05) is 5.69 Å². The Bertz CT molecular complexity index is 842. The highest BCUT2D eigenvalue weighted by atomic mass is 16.5. The number of nitrogens with one attached hydrogen (secondary N) is 2. The average molecular weight is 354 g/mol. The predicted octanol–water partition coefficient (Wildman–Crippen LogP) is 2.64. The van der Waals surface area contributed by atoms with E-state index in [1.807, 2.05) is 36.4 Å². The van der Waals surface area contributed by atoms with Crippen molar-refractivity contribution in [3.63, 3.8) is 0 Å². The zero-order valence-corrected chi connectivity index (χ0v) is 15.1. The van der Waals surface area contributed by atoms with Crippen LogP contribution in [0.15, 0.2) is 36.4 Å². The van der Waals surface area contributed by atoms with Crippen molar-refractivity contribution >= 4 is 11.6 Å². The molecule has 26 heavy (non-hydrogen) atoms. The maximum atomic E-state index is 13.0. The van der Waals surface area contributed by atoms with Gasteiger partial charge in [-0.1, -0.05) is 18.2 Å². The van der Waals surface area contributed by atoms with E-state index >= 15 is 0 Å². The molecule has 0 aromatic heterocycles. The quantitative estimate of drug-likeness (QED) is 0.883. The zero-order valence-electron chi connectivity index (χ0n) is 15.1. The predicted molar refractivity (Wildman–Crippen MR) is 98.2 cm³/mol. The molecule has 1 fully saturated rings. The SMILES string of the molecule is COc1cc([C@@H]2NCC[C@]23C(=O)Nc2ccccc23)cc(OC)c1OC. The number of anilines is 1. The normalized spacial score (nSPS) is 23.7. The molecule has 2 aliphatic heterocycles. The minimum Gasteiger partial charge on any atom is -0.493 e. The summed E-state index contributed by atoms with van der Waals surface area (Å²) >= 11 is 0. The number of carbonyl (C=O) groups is 1. The molecule has 1 saturated heterocycles. The van der Waals surface area contributed by atoms with Crippen molar-refractivity contribution in [2.45, 2.75) is 17.9 Å². The Morgan fingerprint density at radius 2 is 1.73 bits per heavy atom. The molecule has 136 valence electrons. The fourth-order valence-electron chi connectivity index (χ4n) is 4.27. The number of hydrogen-bond acceptors (Lipinski definition) is 5. The molecule has 2 aromatic carbocycles. The molecule has 2 heterocycles. The number of para-hydroxylation sites is 1. The molecular formula is C20H22N2O4. The molecule has 1 spiro atoms. The van der Waals surface area contributed by atoms with Crippen molar-refractivity contribution in [1.82, 2.24) is 5.32 Å². The van der Waals surface area contributed by atoms with Crippen molar-refractivity contribution in [1.29, 1.82) is 0 Å². The fraction of sp³-hybridized carbons (Fsp3) is 0.350. The van der Waals surface area contributed by atoms with Gasteiger partial charge in [-0.05, 0) is 42.3 Å². The summed E-state index contributed by atoms with van der Waals surface area (Å²) in [6, 6.07) is 11.6. The van der Waals surface area contributed by atoms with Crippen LogP contribution < -0.4 is 24.8 Å². The van der Waals surface area contributed by atoms with Crippen LogP contribution in [-0.4, -0.2) is 33.8 Å². The maximum Gasteiger partial charge on any atom is 0.237 e. The summed E-state index contributed by atoms with van der Waals surface area (Å²) in [7, 11) is 4.77. The lowest BCUT2D eigenvalue weighted by atomic mass is 9.73. The van der Waals surface area contributed by atoms with Gasteiger partial charge in [-0.3, -0.25) is 4.79 Å². The number of fused-ring (bicyclic) bond motifs is 2. The van der Waals surface area contributed by atoms with Gasteiger partial charge in [0.15, 0.2) is 11.5 Å². The van der Waals surface area contributed by atoms with E-state index in [2.05, 4.69) is 10.6 Å². The van der Waals surface area contributed by atoms with Gasteiger partial charge in [0.05, 0.1) is 32.8 Å². The number of carbonyl (C=O) groups excluding carboxylic acids is 1. The number of hydrogen-bond donors (Lipinski definition) is 2. The Kier molecular flexibility index (Phi) is 4.00. The van der Waals surface area contributed by atoms with Crippen LogP contribution >= 0.6 is 0 Å². The number of rotatable bonds is 4. The Balaban J connectivity index is 1.87. The summed E-state index contributed by atoms with van der Waals surface area (Å²) in [4.78, 5) is 13.0. The highest BCUT2D eigenvalue weighted by Gasteiger charge is 2.55. The van der Waals surface area contributed by atoms with Crippen LogP contribution in [0.5, 0.6) is 17.2 Å². The lowest BCUT2D eigenvalue weighted by molar-refractivity contribution is -0.121. The van der Waals surface area contributed by atoms with E-state index in [4.69, 9.17) is 14.2 Å². The van der Waals surface area contributed by atoms with Crippen molar-refractivity contribution in [3.05, 3.63) is 47.5 Å². The van der Waals surface area contributed by atoms with E-state index in [1.165, 1.54) is 0 Å². The fourth-order valence-corrected chi connectivity index (χ4v) is 4.27. The molecule has 0 unspecified atom stereocenters. The van der Waals surface area contributed by atoms with Crippen LogP contribution in [0.2, 0.25) is 0 Å². The molecule has 4 rings (SSSR count). The van der Waals surface area contributed by atoms with Crippen LogP contribution in [0.25, 0.3) is 0 Å². The lowest BCUT2D eigenvalue weighted by Gasteiger charge is -2.30. The molecule has 0 saturated carbocycles. The second-order valence-corrected chi connectivity index (χ2v) is 6.57. The summed E-state index contributed by atoms with van der Waals surface area (Å²) in [5.41, 5.74) is 2.22. The van der Waals surface area contributed by atoms with Crippen molar-refractivity contribution < 1.29 is 19.0 Å². The Hall–Kier alpha value is -2.73. The highest BCUT2D eigenvalue weighted by molar-refractivity contribution is 6.07. The Morgan fingerprint density at radius 1 is 1.04 bits per heavy atom. The lowest BCUT2D eigenvalue weighted by Crippen LogP contribution is -2.39. The van der Waals surface area contributed by atoms with Crippen LogP contribution in [0, 0.1) is 0 Å². The number of ether oxygens (including phenoxy) is 3. The van der Waals surface area contributed by atoms with Crippen LogP contribution in [0.1, 0.15) is 23.6 Å². The van der Waals surface area contributed by atoms with Gasteiger partial charge in [-0.15, -0.1) is 0 Å². The molecule has 6 heteroatoms. The topological polar surface area (TPSA) is 68.8 Å². The molecule has 0 bridgehead atoms. The van der Waals surface area contributed by atoms with Crippen molar-refractivity contribution in [2.24, 2.45) is 0 Å². The van der Waals surface area contributed by atoms with E-state index in [1.54, 1.807) is 21.3 Å². The monoisotopic (exact) mass is 354 g/mol. The third-order valence-electron chi connectivity index (χ3n) is 5.44. The standard InChI is InChI=1S/C20H22N2O4/c1-24-15-10-12(11-16(25-2)17(15)26-3)18-20(8-9-21-18)13-6-4-5-7-14(13)22-19(20)23/h4-7,10-11,18,21H,8-9H2,1-3H3,(H,22,23)/t18-,20+/m0/s1. The third-order valence-corrected chi connectivity index (χ3v) is 5.44. The second-order valence-electron chi connectivity index (χ2n) is 6.57. The van der Waals surface area contributed by atoms with Crippen molar-refractivity contribution in [3.8, 4) is 17.2 Å². The molecule has 2 aromatic rings. The smallest absolute Gasteiger partial charge is 0.237 e. The van der Waals surface area contributed by atoms with Gasteiger partial charge in [-0.2, -0.15) is 0 Å². The Labute approximate surface area is 152 Å². The molecular weight excluding hydrogens is 332 g/mol. The Morgan fingerprint density at radius 3 is 2.38 bits per heavy atom.